The SMILES string of the molecule is CCOC(=O)C1(C(=O)OCC)C(c2ccc(/C=C/C(=O)OC)s2)CC(=O)N1c1ccc(C)cc1Br. The van der Waals surface area contributed by atoms with E-state index in [1.165, 1.54) is 29.4 Å². The van der Waals surface area contributed by atoms with Crippen LogP contribution in [0.2, 0.25) is 0 Å². The normalized spacial score (nSPS) is 17.0. The van der Waals surface area contributed by atoms with Gasteiger partial charge in [0.15, 0.2) is 0 Å². The number of carbonyl (C=O) groups is 4. The first-order valence-corrected chi connectivity index (χ1v) is 12.6. The second-order valence-electron chi connectivity index (χ2n) is 7.74. The lowest BCUT2D eigenvalue weighted by Crippen LogP contribution is -2.62. The molecule has 0 bridgehead atoms. The van der Waals surface area contributed by atoms with E-state index in [1.54, 1.807) is 50.3 Å². The minimum atomic E-state index is -2.06. The Bertz CT molecular complexity index is 1150. The Morgan fingerprint density at radius 2 is 1.80 bits per heavy atom. The Kier molecular flexibility index (Phi) is 8.50. The summed E-state index contributed by atoms with van der Waals surface area (Å²) in [5, 5.41) is 0. The van der Waals surface area contributed by atoms with E-state index in [9.17, 15) is 19.2 Å². The number of hydrogen-bond donors (Lipinski definition) is 0. The molecular weight excluding hydrogens is 538 g/mol. The minimum absolute atomic E-state index is 0.0152. The molecular formula is C25H26BrNO7S. The van der Waals surface area contributed by atoms with E-state index in [2.05, 4.69) is 20.7 Å². The third-order valence-electron chi connectivity index (χ3n) is 5.58. The zero-order valence-electron chi connectivity index (χ0n) is 19.8. The summed E-state index contributed by atoms with van der Waals surface area (Å²) < 4.78 is 16.0. The van der Waals surface area contributed by atoms with E-state index in [4.69, 9.17) is 9.47 Å². The number of anilines is 1. The van der Waals surface area contributed by atoms with Crippen molar-refractivity contribution in [1.29, 1.82) is 0 Å². The van der Waals surface area contributed by atoms with E-state index in [0.29, 0.717) is 19.9 Å². The number of halogens is 1. The maximum absolute atomic E-state index is 13.6. The van der Waals surface area contributed by atoms with Gasteiger partial charge in [0.1, 0.15) is 0 Å². The van der Waals surface area contributed by atoms with Crippen molar-refractivity contribution < 1.29 is 33.4 Å². The van der Waals surface area contributed by atoms with Gasteiger partial charge in [-0.2, -0.15) is 0 Å². The van der Waals surface area contributed by atoms with E-state index in [0.717, 1.165) is 5.56 Å². The Labute approximate surface area is 216 Å². The average molecular weight is 564 g/mol. The molecule has 1 aromatic carbocycles. The molecule has 8 nitrogen and oxygen atoms in total. The monoisotopic (exact) mass is 563 g/mol. The summed E-state index contributed by atoms with van der Waals surface area (Å²) in [5.74, 6) is -3.52. The number of benzene rings is 1. The minimum Gasteiger partial charge on any atom is -0.466 e. The van der Waals surface area contributed by atoms with Crippen LogP contribution >= 0.6 is 27.3 Å². The van der Waals surface area contributed by atoms with Crippen molar-refractivity contribution in [2.45, 2.75) is 38.6 Å². The number of aryl methyl sites for hydroxylation is 1. The van der Waals surface area contributed by atoms with Gasteiger partial charge in [-0.05, 0) is 72.6 Å². The second-order valence-corrected chi connectivity index (χ2v) is 9.75. The molecule has 2 heterocycles. The third-order valence-corrected chi connectivity index (χ3v) is 7.38. The average Bonchev–Trinajstić information content (AvgIpc) is 3.40. The van der Waals surface area contributed by atoms with E-state index in [-0.39, 0.29) is 19.6 Å². The number of thiophene rings is 1. The number of hydrogen-bond acceptors (Lipinski definition) is 8. The van der Waals surface area contributed by atoms with Gasteiger partial charge in [0.25, 0.3) is 5.54 Å². The Hall–Kier alpha value is -2.98. The quantitative estimate of drug-likeness (QED) is 0.203. The molecule has 186 valence electrons. The summed E-state index contributed by atoms with van der Waals surface area (Å²) in [5.41, 5.74) is -0.761. The topological polar surface area (TPSA) is 99.2 Å². The molecule has 1 fully saturated rings. The number of esters is 3. The van der Waals surface area contributed by atoms with Gasteiger partial charge in [0.05, 0.1) is 26.0 Å². The van der Waals surface area contributed by atoms with E-state index >= 15 is 0 Å². The second kappa shape index (κ2) is 11.2. The molecule has 0 spiro atoms. The van der Waals surface area contributed by atoms with Gasteiger partial charge < -0.3 is 14.2 Å². The molecule has 1 unspecified atom stereocenters. The Morgan fingerprint density at radius 3 is 2.37 bits per heavy atom. The lowest BCUT2D eigenvalue weighted by atomic mass is 9.83. The van der Waals surface area contributed by atoms with Crippen LogP contribution in [0.1, 0.15) is 41.5 Å². The number of rotatable bonds is 8. The van der Waals surface area contributed by atoms with Crippen molar-refractivity contribution in [3.05, 3.63) is 56.2 Å². The third kappa shape index (κ3) is 5.04. The molecule has 2 aromatic rings. The predicted molar refractivity (Wildman–Crippen MR) is 135 cm³/mol. The smallest absolute Gasteiger partial charge is 0.344 e. The van der Waals surface area contributed by atoms with Crippen LogP contribution in [0.4, 0.5) is 5.69 Å². The van der Waals surface area contributed by atoms with Gasteiger partial charge in [0.2, 0.25) is 5.91 Å². The van der Waals surface area contributed by atoms with Crippen molar-refractivity contribution in [1.82, 2.24) is 0 Å². The molecule has 10 heteroatoms. The van der Waals surface area contributed by atoms with Crippen LogP contribution in [0.15, 0.2) is 40.9 Å². The van der Waals surface area contributed by atoms with Gasteiger partial charge in [-0.1, -0.05) is 6.07 Å². The molecule has 35 heavy (non-hydrogen) atoms. The van der Waals surface area contributed by atoms with Crippen LogP contribution in [0, 0.1) is 6.92 Å². The summed E-state index contributed by atoms with van der Waals surface area (Å²) in [7, 11) is 1.28. The van der Waals surface area contributed by atoms with Crippen molar-refractivity contribution >= 4 is 62.8 Å². The van der Waals surface area contributed by atoms with Crippen LogP contribution < -0.4 is 4.90 Å². The molecule has 1 aliphatic rings. The van der Waals surface area contributed by atoms with Crippen molar-refractivity contribution in [2.24, 2.45) is 0 Å². The highest BCUT2D eigenvalue weighted by atomic mass is 79.9. The summed E-state index contributed by atoms with van der Waals surface area (Å²) in [6.07, 6.45) is 2.73. The van der Waals surface area contributed by atoms with Gasteiger partial charge in [-0.15, -0.1) is 11.3 Å². The van der Waals surface area contributed by atoms with Gasteiger partial charge >= 0.3 is 17.9 Å². The van der Waals surface area contributed by atoms with Crippen LogP contribution in [0.3, 0.4) is 0 Å². The highest BCUT2D eigenvalue weighted by molar-refractivity contribution is 9.10. The number of carbonyl (C=O) groups excluding carboxylic acids is 4. The molecule has 0 aliphatic carbocycles. The van der Waals surface area contributed by atoms with Crippen LogP contribution in [0.5, 0.6) is 0 Å². The fourth-order valence-electron chi connectivity index (χ4n) is 4.09. The maximum Gasteiger partial charge on any atom is 0.344 e. The highest BCUT2D eigenvalue weighted by Crippen LogP contribution is 2.50. The van der Waals surface area contributed by atoms with E-state index < -0.39 is 35.3 Å². The highest BCUT2D eigenvalue weighted by Gasteiger charge is 2.67. The standard InChI is InChI=1S/C25H26BrNO7S/c1-5-33-23(30)25(24(31)34-6-2)17(20-11-8-16(35-20)9-12-22(29)32-4)14-21(28)27(25)19-10-7-15(3)13-18(19)26/h7-13,17H,5-6,14H2,1-4H3/b12-9+. The lowest BCUT2D eigenvalue weighted by molar-refractivity contribution is -0.165. The molecule has 0 saturated carbocycles. The largest absolute Gasteiger partial charge is 0.466 e. The molecule has 1 amide bonds. The summed E-state index contributed by atoms with van der Waals surface area (Å²) in [6, 6.07) is 8.77. The number of nitrogens with zero attached hydrogens (tertiary/aromatic N) is 1. The van der Waals surface area contributed by atoms with Gasteiger partial charge in [0, 0.05) is 32.6 Å². The maximum atomic E-state index is 13.6. The Balaban J connectivity index is 2.22. The molecule has 1 aromatic heterocycles. The molecule has 0 N–H and O–H groups in total. The summed E-state index contributed by atoms with van der Waals surface area (Å²) in [6.45, 7) is 5.19. The summed E-state index contributed by atoms with van der Waals surface area (Å²) in [4.78, 5) is 54.8. The molecule has 1 aliphatic heterocycles. The predicted octanol–water partition coefficient (Wildman–Crippen LogP) is 4.39. The fourth-order valence-corrected chi connectivity index (χ4v) is 5.83. The van der Waals surface area contributed by atoms with Gasteiger partial charge in [-0.25, -0.2) is 14.4 Å². The first-order valence-electron chi connectivity index (χ1n) is 11.0. The molecule has 0 radical (unpaired) electrons. The van der Waals surface area contributed by atoms with Crippen LogP contribution in [0.25, 0.3) is 6.08 Å². The van der Waals surface area contributed by atoms with E-state index in [1.807, 2.05) is 6.92 Å². The van der Waals surface area contributed by atoms with Crippen LogP contribution in [-0.2, 0) is 33.4 Å². The van der Waals surface area contributed by atoms with Crippen molar-refractivity contribution in [3.8, 4) is 0 Å². The van der Waals surface area contributed by atoms with Gasteiger partial charge in [-0.3, -0.25) is 9.69 Å². The molecule has 3 rings (SSSR count). The number of methoxy groups -OCH3 is 1. The fraction of sp³-hybridized carbons (Fsp3) is 0.360. The Morgan fingerprint density at radius 1 is 1.14 bits per heavy atom. The molecule has 1 atom stereocenters. The zero-order valence-corrected chi connectivity index (χ0v) is 22.2. The zero-order chi connectivity index (χ0) is 25.8. The first kappa shape index (κ1) is 26.6. The van der Waals surface area contributed by atoms with Crippen LogP contribution in [-0.4, -0.2) is 49.7 Å². The number of amides is 1. The number of ether oxygens (including phenoxy) is 3. The molecule has 1 saturated heterocycles. The first-order chi connectivity index (χ1) is 16.7. The summed E-state index contributed by atoms with van der Waals surface area (Å²) >= 11 is 4.75. The van der Waals surface area contributed by atoms with Crippen molar-refractivity contribution in [2.75, 3.05) is 25.2 Å². The van der Waals surface area contributed by atoms with Crippen molar-refractivity contribution in [3.63, 3.8) is 0 Å². The lowest BCUT2D eigenvalue weighted by Gasteiger charge is -2.37.